The zero-order chi connectivity index (χ0) is 19.4. The highest BCUT2D eigenvalue weighted by Gasteiger charge is 2.60. The molecule has 0 radical (unpaired) electrons. The summed E-state index contributed by atoms with van der Waals surface area (Å²) in [6.07, 6.45) is 11.2. The summed E-state index contributed by atoms with van der Waals surface area (Å²) in [5.74, 6) is 3.74. The van der Waals surface area contributed by atoms with Crippen molar-refractivity contribution in [2.45, 2.75) is 90.7 Å². The molecule has 0 spiro atoms. The van der Waals surface area contributed by atoms with Gasteiger partial charge in [-0.25, -0.2) is 0 Å². The maximum atomic E-state index is 11.7. The highest BCUT2D eigenvalue weighted by Crippen LogP contribution is 2.67. The predicted octanol–water partition coefficient (Wildman–Crippen LogP) is 3.89. The molecule has 4 aliphatic rings. The molecule has 0 saturated heterocycles. The SMILES string of the molecule is C[C@@H](O)[C@H]1CC[C@H]2[C@@H]3CCC4CC(NC(=O)CN)CC[C@]4(C)[C@H]3CC[C@]12C.Cl. The van der Waals surface area contributed by atoms with E-state index in [-0.39, 0.29) is 31.0 Å². The van der Waals surface area contributed by atoms with Crippen LogP contribution in [0.1, 0.15) is 78.6 Å². The summed E-state index contributed by atoms with van der Waals surface area (Å²) < 4.78 is 0. The number of amides is 1. The van der Waals surface area contributed by atoms with E-state index in [0.29, 0.717) is 22.8 Å². The average molecular weight is 413 g/mol. The molecule has 0 aliphatic heterocycles. The summed E-state index contributed by atoms with van der Waals surface area (Å²) >= 11 is 0. The van der Waals surface area contributed by atoms with Crippen molar-refractivity contribution < 1.29 is 9.90 Å². The van der Waals surface area contributed by atoms with Crippen molar-refractivity contribution in [2.24, 2.45) is 46.2 Å². The number of nitrogens with two attached hydrogens (primary N) is 1. The van der Waals surface area contributed by atoms with Gasteiger partial charge < -0.3 is 16.2 Å². The Morgan fingerprint density at radius 3 is 2.43 bits per heavy atom. The number of aliphatic hydroxyl groups excluding tert-OH is 1. The maximum absolute atomic E-state index is 11.7. The van der Waals surface area contributed by atoms with Gasteiger partial charge in [0.15, 0.2) is 0 Å². The summed E-state index contributed by atoms with van der Waals surface area (Å²) in [4.78, 5) is 11.7. The minimum atomic E-state index is -0.162. The van der Waals surface area contributed by atoms with E-state index in [1.54, 1.807) is 0 Å². The Balaban J connectivity index is 0.00000225. The molecule has 162 valence electrons. The number of fused-ring (bicyclic) bond motifs is 5. The zero-order valence-electron chi connectivity index (χ0n) is 18.0. The first-order valence-electron chi connectivity index (χ1n) is 11.5. The van der Waals surface area contributed by atoms with Gasteiger partial charge in [-0.2, -0.15) is 0 Å². The smallest absolute Gasteiger partial charge is 0.233 e. The normalized spacial score (nSPS) is 48.5. The van der Waals surface area contributed by atoms with Crippen molar-refractivity contribution in [2.75, 3.05) is 6.54 Å². The minimum absolute atomic E-state index is 0. The molecular formula is C23H41ClN2O2. The topological polar surface area (TPSA) is 75.3 Å². The molecular weight excluding hydrogens is 372 g/mol. The summed E-state index contributed by atoms with van der Waals surface area (Å²) in [6, 6.07) is 0.329. The number of carbonyl (C=O) groups excluding carboxylic acids is 1. The molecule has 4 fully saturated rings. The van der Waals surface area contributed by atoms with Crippen LogP contribution in [0, 0.1) is 40.4 Å². The van der Waals surface area contributed by atoms with Crippen molar-refractivity contribution >= 4 is 18.3 Å². The third-order valence-electron chi connectivity index (χ3n) is 9.87. The van der Waals surface area contributed by atoms with Crippen LogP contribution in [-0.2, 0) is 4.79 Å². The number of carbonyl (C=O) groups is 1. The fourth-order valence-electron chi connectivity index (χ4n) is 8.51. The monoisotopic (exact) mass is 412 g/mol. The molecule has 0 aromatic heterocycles. The molecule has 1 amide bonds. The van der Waals surface area contributed by atoms with Crippen LogP contribution < -0.4 is 11.1 Å². The third-order valence-corrected chi connectivity index (χ3v) is 9.87. The molecule has 5 heteroatoms. The molecule has 0 bridgehead atoms. The number of rotatable bonds is 3. The van der Waals surface area contributed by atoms with Gasteiger partial charge in [-0.15, -0.1) is 12.4 Å². The van der Waals surface area contributed by atoms with Crippen molar-refractivity contribution in [3.63, 3.8) is 0 Å². The summed E-state index contributed by atoms with van der Waals surface area (Å²) in [5, 5.41) is 13.5. The molecule has 4 aliphatic carbocycles. The fourth-order valence-corrected chi connectivity index (χ4v) is 8.51. The van der Waals surface area contributed by atoms with Crippen LogP contribution in [-0.4, -0.2) is 29.7 Å². The summed E-state index contributed by atoms with van der Waals surface area (Å²) in [7, 11) is 0. The van der Waals surface area contributed by atoms with Gasteiger partial charge in [0.25, 0.3) is 0 Å². The lowest BCUT2D eigenvalue weighted by molar-refractivity contribution is -0.128. The average Bonchev–Trinajstić information content (AvgIpc) is 2.99. The summed E-state index contributed by atoms with van der Waals surface area (Å²) in [6.45, 7) is 7.18. The summed E-state index contributed by atoms with van der Waals surface area (Å²) in [5.41, 5.74) is 6.29. The van der Waals surface area contributed by atoms with E-state index >= 15 is 0 Å². The van der Waals surface area contributed by atoms with Crippen molar-refractivity contribution in [1.82, 2.24) is 5.32 Å². The van der Waals surface area contributed by atoms with Crippen LogP contribution in [0.3, 0.4) is 0 Å². The van der Waals surface area contributed by atoms with Gasteiger partial charge in [0.2, 0.25) is 5.91 Å². The maximum Gasteiger partial charge on any atom is 0.233 e. The third kappa shape index (κ3) is 3.41. The number of aliphatic hydroxyl groups is 1. The molecule has 28 heavy (non-hydrogen) atoms. The highest BCUT2D eigenvalue weighted by atomic mass is 35.5. The molecule has 0 aromatic rings. The van der Waals surface area contributed by atoms with Gasteiger partial charge in [0.05, 0.1) is 12.6 Å². The Hall–Kier alpha value is -0.320. The van der Waals surface area contributed by atoms with Crippen LogP contribution in [0.5, 0.6) is 0 Å². The highest BCUT2D eigenvalue weighted by molar-refractivity contribution is 5.85. The van der Waals surface area contributed by atoms with Crippen molar-refractivity contribution in [1.29, 1.82) is 0 Å². The Morgan fingerprint density at radius 1 is 1.07 bits per heavy atom. The van der Waals surface area contributed by atoms with Crippen LogP contribution in [0.4, 0.5) is 0 Å². The zero-order valence-corrected chi connectivity index (χ0v) is 18.8. The van der Waals surface area contributed by atoms with Crippen molar-refractivity contribution in [3.8, 4) is 0 Å². The number of hydrogen-bond acceptors (Lipinski definition) is 3. The Kier molecular flexibility index (Phi) is 6.45. The van der Waals surface area contributed by atoms with E-state index in [9.17, 15) is 9.90 Å². The Bertz CT molecular complexity index is 585. The first-order chi connectivity index (χ1) is 12.8. The molecule has 0 heterocycles. The van der Waals surface area contributed by atoms with Gasteiger partial charge in [-0.3, -0.25) is 4.79 Å². The van der Waals surface area contributed by atoms with Crippen LogP contribution >= 0.6 is 12.4 Å². The van der Waals surface area contributed by atoms with E-state index in [1.165, 1.54) is 44.9 Å². The Morgan fingerprint density at radius 2 is 1.75 bits per heavy atom. The second-order valence-electron chi connectivity index (χ2n) is 10.9. The van der Waals surface area contributed by atoms with Gasteiger partial charge >= 0.3 is 0 Å². The second kappa shape index (κ2) is 8.07. The van der Waals surface area contributed by atoms with Crippen LogP contribution in [0.15, 0.2) is 0 Å². The molecule has 4 nitrogen and oxygen atoms in total. The number of nitrogens with one attached hydrogen (secondary N) is 1. The molecule has 4 saturated carbocycles. The molecule has 4 N–H and O–H groups in total. The number of halogens is 1. The standard InChI is InChI=1S/C23H40N2O2.ClH/c1-14(26)18-6-7-19-17-5-4-15-12-16(25-21(27)13-24)8-10-22(15,2)20(17)9-11-23(18,19)3;/h14-20,26H,4-13,24H2,1-3H3,(H,25,27);1H/t14-,15?,16?,17+,18-,19+,20+,22+,23-;/m1./s1. The van der Waals surface area contributed by atoms with Gasteiger partial charge in [-0.05, 0) is 105 Å². The largest absolute Gasteiger partial charge is 0.393 e. The quantitative estimate of drug-likeness (QED) is 0.658. The van der Waals surface area contributed by atoms with E-state index in [4.69, 9.17) is 5.73 Å². The van der Waals surface area contributed by atoms with Crippen LogP contribution in [0.25, 0.3) is 0 Å². The van der Waals surface area contributed by atoms with E-state index in [1.807, 2.05) is 6.92 Å². The van der Waals surface area contributed by atoms with E-state index in [0.717, 1.165) is 36.5 Å². The first-order valence-corrected chi connectivity index (χ1v) is 11.5. The lowest BCUT2D eigenvalue weighted by Gasteiger charge is -2.61. The second-order valence-corrected chi connectivity index (χ2v) is 10.9. The van der Waals surface area contributed by atoms with Crippen LogP contribution in [0.2, 0.25) is 0 Å². The molecule has 9 atom stereocenters. The fraction of sp³-hybridized carbons (Fsp3) is 0.957. The van der Waals surface area contributed by atoms with Gasteiger partial charge in [0.1, 0.15) is 0 Å². The van der Waals surface area contributed by atoms with Crippen molar-refractivity contribution in [3.05, 3.63) is 0 Å². The Labute approximate surface area is 177 Å². The van der Waals surface area contributed by atoms with E-state index < -0.39 is 0 Å². The predicted molar refractivity (Wildman–Crippen MR) is 115 cm³/mol. The first kappa shape index (κ1) is 22.4. The minimum Gasteiger partial charge on any atom is -0.393 e. The van der Waals surface area contributed by atoms with Gasteiger partial charge in [-0.1, -0.05) is 13.8 Å². The lowest BCUT2D eigenvalue weighted by atomic mass is 9.44. The van der Waals surface area contributed by atoms with E-state index in [2.05, 4.69) is 19.2 Å². The molecule has 0 aromatic carbocycles. The van der Waals surface area contributed by atoms with Gasteiger partial charge in [0, 0.05) is 6.04 Å². The number of hydrogen-bond donors (Lipinski definition) is 3. The lowest BCUT2D eigenvalue weighted by Crippen LogP contribution is -2.56. The molecule has 4 rings (SSSR count). The molecule has 2 unspecified atom stereocenters.